The summed E-state index contributed by atoms with van der Waals surface area (Å²) in [6, 6.07) is 10.1. The molecule has 4 rings (SSSR count). The molecule has 6 heteroatoms. The molecule has 2 N–H and O–H groups in total. The van der Waals surface area contributed by atoms with Gasteiger partial charge >= 0.3 is 0 Å². The lowest BCUT2D eigenvalue weighted by Gasteiger charge is -2.29. The number of aliphatic hydroxyl groups is 1. The summed E-state index contributed by atoms with van der Waals surface area (Å²) in [5, 5.41) is 13.5. The van der Waals surface area contributed by atoms with Crippen molar-refractivity contribution in [1.82, 2.24) is 14.9 Å². The van der Waals surface area contributed by atoms with Crippen LogP contribution in [0.5, 0.6) is 0 Å². The van der Waals surface area contributed by atoms with Crippen LogP contribution in [0.4, 0.5) is 0 Å². The first kappa shape index (κ1) is 14.4. The van der Waals surface area contributed by atoms with E-state index in [2.05, 4.69) is 9.97 Å². The monoisotopic (exact) mass is 327 g/mol. The van der Waals surface area contributed by atoms with Gasteiger partial charge in [0.25, 0.3) is 5.91 Å². The van der Waals surface area contributed by atoms with Crippen molar-refractivity contribution in [2.24, 2.45) is 0 Å². The number of carbonyl (C=O) groups is 1. The average Bonchev–Trinajstić information content (AvgIpc) is 3.20. The van der Waals surface area contributed by atoms with Crippen molar-refractivity contribution in [1.29, 1.82) is 0 Å². The number of carbonyl (C=O) groups excluding carboxylic acids is 1. The van der Waals surface area contributed by atoms with E-state index in [0.29, 0.717) is 18.8 Å². The molecule has 1 unspecified atom stereocenters. The lowest BCUT2D eigenvalue weighted by molar-refractivity contribution is 0.0469. The number of piperidine rings is 1. The van der Waals surface area contributed by atoms with Gasteiger partial charge in [-0.05, 0) is 25.0 Å². The number of hydrogen-bond acceptors (Lipinski definition) is 4. The second-order valence-corrected chi connectivity index (χ2v) is 6.71. The largest absolute Gasteiger partial charge is 0.391 e. The molecule has 2 aromatic heterocycles. The summed E-state index contributed by atoms with van der Waals surface area (Å²) in [6.45, 7) is 1.09. The third-order valence-corrected chi connectivity index (χ3v) is 5.04. The van der Waals surface area contributed by atoms with E-state index in [1.807, 2.05) is 30.3 Å². The van der Waals surface area contributed by atoms with Gasteiger partial charge in [-0.1, -0.05) is 18.2 Å². The Labute approximate surface area is 137 Å². The maximum Gasteiger partial charge on any atom is 0.273 e. The minimum Gasteiger partial charge on any atom is -0.391 e. The van der Waals surface area contributed by atoms with Crippen LogP contribution in [0.3, 0.4) is 0 Å². The number of amides is 1. The Balaban J connectivity index is 1.59. The van der Waals surface area contributed by atoms with Crippen LogP contribution in [0.15, 0.2) is 35.7 Å². The quantitative estimate of drug-likeness (QED) is 0.760. The maximum atomic E-state index is 12.5. The van der Waals surface area contributed by atoms with Gasteiger partial charge in [0.15, 0.2) is 0 Å². The number of fused-ring (bicyclic) bond motifs is 1. The van der Waals surface area contributed by atoms with Crippen LogP contribution in [0.2, 0.25) is 0 Å². The average molecular weight is 327 g/mol. The van der Waals surface area contributed by atoms with Crippen LogP contribution < -0.4 is 0 Å². The third-order valence-electron chi connectivity index (χ3n) is 4.17. The topological polar surface area (TPSA) is 69.2 Å². The molecule has 0 bridgehead atoms. The highest BCUT2D eigenvalue weighted by Crippen LogP contribution is 2.27. The molecular weight excluding hydrogens is 310 g/mol. The van der Waals surface area contributed by atoms with E-state index in [0.717, 1.165) is 34.4 Å². The van der Waals surface area contributed by atoms with Gasteiger partial charge in [0, 0.05) is 29.4 Å². The zero-order valence-corrected chi connectivity index (χ0v) is 13.3. The van der Waals surface area contributed by atoms with Crippen molar-refractivity contribution in [3.8, 4) is 10.7 Å². The molecule has 3 aromatic rings. The first-order valence-electron chi connectivity index (χ1n) is 7.72. The summed E-state index contributed by atoms with van der Waals surface area (Å²) < 4.78 is 0. The number of likely N-dealkylation sites (tertiary alicyclic amines) is 1. The molecule has 1 saturated heterocycles. The predicted molar refractivity (Wildman–Crippen MR) is 90.6 cm³/mol. The highest BCUT2D eigenvalue weighted by atomic mass is 32.1. The minimum atomic E-state index is -0.417. The molecule has 0 saturated carbocycles. The molecule has 1 amide bonds. The molecule has 0 spiro atoms. The van der Waals surface area contributed by atoms with Gasteiger partial charge in [-0.15, -0.1) is 11.3 Å². The Bertz CT molecular complexity index is 821. The van der Waals surface area contributed by atoms with Crippen molar-refractivity contribution >= 4 is 28.1 Å². The summed E-state index contributed by atoms with van der Waals surface area (Å²) in [5.41, 5.74) is 2.44. The Hall–Kier alpha value is -2.18. The molecular formula is C17H17N3O2S. The summed E-state index contributed by atoms with van der Waals surface area (Å²) >= 11 is 1.46. The van der Waals surface area contributed by atoms with E-state index >= 15 is 0 Å². The fraction of sp³-hybridized carbons (Fsp3) is 0.294. The molecule has 5 nitrogen and oxygen atoms in total. The number of H-pyrrole nitrogens is 1. The summed E-state index contributed by atoms with van der Waals surface area (Å²) in [7, 11) is 0. The van der Waals surface area contributed by atoms with Crippen molar-refractivity contribution in [3.05, 3.63) is 41.4 Å². The Morgan fingerprint density at radius 1 is 1.39 bits per heavy atom. The van der Waals surface area contributed by atoms with Gasteiger partial charge in [-0.3, -0.25) is 4.79 Å². The van der Waals surface area contributed by atoms with Gasteiger partial charge in [0.1, 0.15) is 10.7 Å². The number of thiazole rings is 1. The van der Waals surface area contributed by atoms with Crippen LogP contribution in [0.1, 0.15) is 23.3 Å². The molecule has 1 atom stereocenters. The maximum absolute atomic E-state index is 12.5. The van der Waals surface area contributed by atoms with Gasteiger partial charge in [0.05, 0.1) is 11.8 Å². The predicted octanol–water partition coefficient (Wildman–Crippen LogP) is 2.89. The molecule has 0 aliphatic carbocycles. The zero-order chi connectivity index (χ0) is 15.8. The molecule has 23 heavy (non-hydrogen) atoms. The Morgan fingerprint density at radius 3 is 3.09 bits per heavy atom. The van der Waals surface area contributed by atoms with E-state index in [1.165, 1.54) is 11.3 Å². The number of aromatic nitrogens is 2. The van der Waals surface area contributed by atoms with Gasteiger partial charge < -0.3 is 15.0 Å². The molecule has 1 aliphatic rings. The number of hydrogen-bond donors (Lipinski definition) is 2. The van der Waals surface area contributed by atoms with Crippen LogP contribution in [-0.2, 0) is 0 Å². The molecule has 1 fully saturated rings. The number of benzene rings is 1. The van der Waals surface area contributed by atoms with Crippen LogP contribution >= 0.6 is 11.3 Å². The van der Waals surface area contributed by atoms with Crippen molar-refractivity contribution in [3.63, 3.8) is 0 Å². The molecule has 1 aliphatic heterocycles. The van der Waals surface area contributed by atoms with Gasteiger partial charge in [-0.25, -0.2) is 4.98 Å². The van der Waals surface area contributed by atoms with E-state index in [1.54, 1.807) is 10.3 Å². The summed E-state index contributed by atoms with van der Waals surface area (Å²) in [4.78, 5) is 22.0. The van der Waals surface area contributed by atoms with Crippen molar-refractivity contribution < 1.29 is 9.90 Å². The Morgan fingerprint density at radius 2 is 2.26 bits per heavy atom. The lowest BCUT2D eigenvalue weighted by atomic mass is 10.1. The summed E-state index contributed by atoms with van der Waals surface area (Å²) in [6.07, 6.45) is 1.19. The number of nitrogens with one attached hydrogen (secondary N) is 1. The SMILES string of the molecule is O=C(c1csc(-c2cc3ccccc3[nH]2)n1)N1CCCC(O)C1. The number of rotatable bonds is 2. The van der Waals surface area contributed by atoms with E-state index in [-0.39, 0.29) is 5.91 Å². The fourth-order valence-electron chi connectivity index (χ4n) is 2.99. The smallest absolute Gasteiger partial charge is 0.273 e. The normalized spacial score (nSPS) is 18.5. The second kappa shape index (κ2) is 5.79. The molecule has 3 heterocycles. The first-order chi connectivity index (χ1) is 11.2. The van der Waals surface area contributed by atoms with Gasteiger partial charge in [0.2, 0.25) is 0 Å². The highest BCUT2D eigenvalue weighted by Gasteiger charge is 2.25. The van der Waals surface area contributed by atoms with Crippen LogP contribution in [0, 0.1) is 0 Å². The number of β-amino-alcohol motifs (C(OH)–C–C–N with tert-alkyl or cyclic N) is 1. The minimum absolute atomic E-state index is 0.0950. The molecule has 1 aromatic carbocycles. The van der Waals surface area contributed by atoms with E-state index < -0.39 is 6.10 Å². The number of aromatic amines is 1. The summed E-state index contributed by atoms with van der Waals surface area (Å²) in [5.74, 6) is -0.0950. The van der Waals surface area contributed by atoms with E-state index in [4.69, 9.17) is 0 Å². The van der Waals surface area contributed by atoms with Crippen LogP contribution in [-0.4, -0.2) is 45.1 Å². The van der Waals surface area contributed by atoms with Crippen molar-refractivity contribution in [2.45, 2.75) is 18.9 Å². The fourth-order valence-corrected chi connectivity index (χ4v) is 3.75. The number of para-hydroxylation sites is 1. The van der Waals surface area contributed by atoms with E-state index in [9.17, 15) is 9.90 Å². The molecule has 118 valence electrons. The first-order valence-corrected chi connectivity index (χ1v) is 8.59. The second-order valence-electron chi connectivity index (χ2n) is 5.86. The lowest BCUT2D eigenvalue weighted by Crippen LogP contribution is -2.42. The van der Waals surface area contributed by atoms with Crippen molar-refractivity contribution in [2.75, 3.05) is 13.1 Å². The van der Waals surface area contributed by atoms with Crippen LogP contribution in [0.25, 0.3) is 21.6 Å². The Kier molecular flexibility index (Phi) is 3.63. The highest BCUT2D eigenvalue weighted by molar-refractivity contribution is 7.13. The number of nitrogens with zero attached hydrogens (tertiary/aromatic N) is 2. The third kappa shape index (κ3) is 2.75. The number of aliphatic hydroxyl groups excluding tert-OH is 1. The molecule has 0 radical (unpaired) electrons. The van der Waals surface area contributed by atoms with Gasteiger partial charge in [-0.2, -0.15) is 0 Å². The standard InChI is InChI=1S/C17H17N3O2S/c21-12-5-3-7-20(9-12)17(22)15-10-23-16(19-15)14-8-11-4-1-2-6-13(11)18-14/h1-2,4,6,8,10,12,18,21H,3,5,7,9H2. The zero-order valence-electron chi connectivity index (χ0n) is 12.5.